The summed E-state index contributed by atoms with van der Waals surface area (Å²) in [7, 11) is 0. The molecule has 0 saturated heterocycles. The Morgan fingerprint density at radius 1 is 1.62 bits per heavy atom. The first kappa shape index (κ1) is 15.0. The zero-order chi connectivity index (χ0) is 15.6. The largest absolute Gasteiger partial charge is 0.481 e. The van der Waals surface area contributed by atoms with E-state index in [1.54, 1.807) is 23.8 Å². The number of carboxylic acids is 1. The van der Waals surface area contributed by atoms with E-state index >= 15 is 0 Å². The van der Waals surface area contributed by atoms with Crippen molar-refractivity contribution in [2.45, 2.75) is 39.3 Å². The molecule has 0 amide bonds. The van der Waals surface area contributed by atoms with Crippen LogP contribution in [0.25, 0.3) is 0 Å². The molecule has 8 heteroatoms. The van der Waals surface area contributed by atoms with E-state index in [2.05, 4.69) is 10.4 Å². The molecule has 8 nitrogen and oxygen atoms in total. The van der Waals surface area contributed by atoms with Crippen LogP contribution in [0.2, 0.25) is 0 Å². The van der Waals surface area contributed by atoms with Gasteiger partial charge in [-0.1, -0.05) is 19.1 Å². The second-order valence-corrected chi connectivity index (χ2v) is 5.08. The van der Waals surface area contributed by atoms with Gasteiger partial charge in [0.25, 0.3) is 0 Å². The van der Waals surface area contributed by atoms with E-state index in [4.69, 9.17) is 5.11 Å². The van der Waals surface area contributed by atoms with Gasteiger partial charge in [-0.2, -0.15) is 5.10 Å². The highest BCUT2D eigenvalue weighted by Gasteiger charge is 2.30. The van der Waals surface area contributed by atoms with Crippen molar-refractivity contribution in [3.05, 3.63) is 28.0 Å². The highest BCUT2D eigenvalue weighted by atomic mass is 16.6. The first-order valence-electron chi connectivity index (χ1n) is 6.83. The maximum Gasteiger partial charge on any atom is 0.333 e. The minimum atomic E-state index is -0.886. The van der Waals surface area contributed by atoms with Crippen molar-refractivity contribution in [1.82, 2.24) is 9.78 Å². The molecule has 2 unspecified atom stereocenters. The highest BCUT2D eigenvalue weighted by Crippen LogP contribution is 2.31. The SMILES string of the molecule is CCCn1nc(C)c([N+](=O)[O-])c1NC1C=CC(C(=O)O)C1. The fourth-order valence-corrected chi connectivity index (χ4v) is 2.47. The van der Waals surface area contributed by atoms with E-state index in [0.29, 0.717) is 24.5 Å². The first-order valence-corrected chi connectivity index (χ1v) is 6.83. The summed E-state index contributed by atoms with van der Waals surface area (Å²) < 4.78 is 1.58. The second-order valence-electron chi connectivity index (χ2n) is 5.08. The maximum absolute atomic E-state index is 11.2. The van der Waals surface area contributed by atoms with Crippen LogP contribution in [0, 0.1) is 23.0 Å². The lowest BCUT2D eigenvalue weighted by atomic mass is 10.1. The molecule has 2 rings (SSSR count). The average Bonchev–Trinajstić information content (AvgIpc) is 2.96. The molecule has 2 N–H and O–H groups in total. The molecule has 0 aromatic carbocycles. The lowest BCUT2D eigenvalue weighted by molar-refractivity contribution is -0.384. The van der Waals surface area contributed by atoms with Crippen molar-refractivity contribution in [1.29, 1.82) is 0 Å². The third-order valence-corrected chi connectivity index (χ3v) is 3.44. The van der Waals surface area contributed by atoms with Gasteiger partial charge in [0.2, 0.25) is 5.82 Å². The van der Waals surface area contributed by atoms with Gasteiger partial charge in [0, 0.05) is 12.6 Å². The third-order valence-electron chi connectivity index (χ3n) is 3.44. The fraction of sp³-hybridized carbons (Fsp3) is 0.538. The van der Waals surface area contributed by atoms with Gasteiger partial charge in [-0.15, -0.1) is 0 Å². The van der Waals surface area contributed by atoms with Crippen LogP contribution in [0.3, 0.4) is 0 Å². The second kappa shape index (κ2) is 5.94. The molecule has 1 aliphatic rings. The van der Waals surface area contributed by atoms with E-state index in [9.17, 15) is 14.9 Å². The first-order chi connectivity index (χ1) is 9.93. The summed E-state index contributed by atoms with van der Waals surface area (Å²) >= 11 is 0. The number of nitro groups is 1. The smallest absolute Gasteiger partial charge is 0.333 e. The topological polar surface area (TPSA) is 110 Å². The van der Waals surface area contributed by atoms with Crippen molar-refractivity contribution in [3.8, 4) is 0 Å². The summed E-state index contributed by atoms with van der Waals surface area (Å²) in [6, 6.07) is -0.239. The summed E-state index contributed by atoms with van der Waals surface area (Å²) in [6.45, 7) is 4.12. The fourth-order valence-electron chi connectivity index (χ4n) is 2.47. The van der Waals surface area contributed by atoms with Gasteiger partial charge in [0.05, 0.1) is 10.8 Å². The van der Waals surface area contributed by atoms with Crippen molar-refractivity contribution in [3.63, 3.8) is 0 Å². The molecule has 0 bridgehead atoms. The van der Waals surface area contributed by atoms with Crippen molar-refractivity contribution in [2.75, 3.05) is 5.32 Å². The number of hydrogen-bond acceptors (Lipinski definition) is 5. The predicted octanol–water partition coefficient (Wildman–Crippen LogP) is 1.95. The lowest BCUT2D eigenvalue weighted by Gasteiger charge is -2.14. The summed E-state index contributed by atoms with van der Waals surface area (Å²) in [4.78, 5) is 21.7. The molecule has 1 aromatic rings. The number of nitrogens with zero attached hydrogens (tertiary/aromatic N) is 3. The standard InChI is InChI=1S/C13H18N4O4/c1-3-6-16-12(11(17(20)21)8(2)15-16)14-10-5-4-9(7-10)13(18)19/h4-5,9-10,14H,3,6-7H2,1-2H3,(H,18,19). The van der Waals surface area contributed by atoms with Gasteiger partial charge in [0.15, 0.2) is 0 Å². The molecule has 0 saturated carbocycles. The van der Waals surface area contributed by atoms with E-state index in [-0.39, 0.29) is 11.7 Å². The van der Waals surface area contributed by atoms with Crippen LogP contribution in [0.4, 0.5) is 11.5 Å². The lowest BCUT2D eigenvalue weighted by Crippen LogP contribution is -2.21. The van der Waals surface area contributed by atoms with E-state index in [0.717, 1.165) is 6.42 Å². The van der Waals surface area contributed by atoms with Crippen LogP contribution in [-0.2, 0) is 11.3 Å². The Kier molecular flexibility index (Phi) is 4.25. The number of aliphatic carboxylic acids is 1. The molecule has 0 aliphatic heterocycles. The Hall–Kier alpha value is -2.38. The van der Waals surface area contributed by atoms with Gasteiger partial charge in [-0.25, -0.2) is 4.68 Å². The molecule has 0 fully saturated rings. The third kappa shape index (κ3) is 3.04. The number of aromatic nitrogens is 2. The molecule has 2 atom stereocenters. The van der Waals surface area contributed by atoms with Crippen LogP contribution in [0.5, 0.6) is 0 Å². The monoisotopic (exact) mass is 294 g/mol. The Bertz CT molecular complexity index is 593. The number of carboxylic acid groups (broad SMARTS) is 1. The van der Waals surface area contributed by atoms with Crippen LogP contribution >= 0.6 is 0 Å². The van der Waals surface area contributed by atoms with Crippen LogP contribution in [0.15, 0.2) is 12.2 Å². The number of rotatable bonds is 6. The predicted molar refractivity (Wildman–Crippen MR) is 76.2 cm³/mol. The molecule has 0 spiro atoms. The zero-order valence-corrected chi connectivity index (χ0v) is 11.9. The van der Waals surface area contributed by atoms with Gasteiger partial charge < -0.3 is 10.4 Å². The summed E-state index contributed by atoms with van der Waals surface area (Å²) in [5, 5.41) is 27.4. The van der Waals surface area contributed by atoms with Crippen molar-refractivity contribution >= 4 is 17.5 Å². The van der Waals surface area contributed by atoms with Gasteiger partial charge >= 0.3 is 11.7 Å². The molecular formula is C13H18N4O4. The average molecular weight is 294 g/mol. The van der Waals surface area contributed by atoms with Crippen molar-refractivity contribution < 1.29 is 14.8 Å². The maximum atomic E-state index is 11.2. The zero-order valence-electron chi connectivity index (χ0n) is 11.9. The number of nitrogens with one attached hydrogen (secondary N) is 1. The molecule has 1 aromatic heterocycles. The number of anilines is 1. The summed E-state index contributed by atoms with van der Waals surface area (Å²) in [6.07, 6.45) is 4.52. The van der Waals surface area contributed by atoms with E-state index in [1.165, 1.54) is 0 Å². The van der Waals surface area contributed by atoms with Gasteiger partial charge in [-0.05, 0) is 19.8 Å². The van der Waals surface area contributed by atoms with Crippen LogP contribution < -0.4 is 5.32 Å². The Labute approximate surface area is 121 Å². The van der Waals surface area contributed by atoms with Gasteiger partial charge in [-0.3, -0.25) is 14.9 Å². The Morgan fingerprint density at radius 3 is 2.86 bits per heavy atom. The number of hydrogen-bond donors (Lipinski definition) is 2. The van der Waals surface area contributed by atoms with Crippen LogP contribution in [0.1, 0.15) is 25.5 Å². The van der Waals surface area contributed by atoms with E-state index < -0.39 is 16.8 Å². The van der Waals surface area contributed by atoms with Crippen LogP contribution in [-0.4, -0.2) is 31.8 Å². The molecule has 1 aliphatic carbocycles. The summed E-state index contributed by atoms with van der Waals surface area (Å²) in [5.41, 5.74) is 0.309. The van der Waals surface area contributed by atoms with Gasteiger partial charge in [0.1, 0.15) is 5.69 Å². The molecule has 0 radical (unpaired) electrons. The van der Waals surface area contributed by atoms with E-state index in [1.807, 2.05) is 6.92 Å². The normalized spacial score (nSPS) is 20.7. The molecule has 114 valence electrons. The quantitative estimate of drug-likeness (QED) is 0.471. The number of aryl methyl sites for hydroxylation is 2. The minimum absolute atomic E-state index is 0.0457. The highest BCUT2D eigenvalue weighted by molar-refractivity contribution is 5.73. The molecular weight excluding hydrogens is 276 g/mol. The Balaban J connectivity index is 2.25. The summed E-state index contributed by atoms with van der Waals surface area (Å²) in [5.74, 6) is -1.09. The molecule has 1 heterocycles. The number of carbonyl (C=O) groups is 1. The van der Waals surface area contributed by atoms with Crippen molar-refractivity contribution in [2.24, 2.45) is 5.92 Å². The Morgan fingerprint density at radius 2 is 2.33 bits per heavy atom. The molecule has 21 heavy (non-hydrogen) atoms. The minimum Gasteiger partial charge on any atom is -0.481 e.